The van der Waals surface area contributed by atoms with E-state index in [4.69, 9.17) is 4.74 Å². The third kappa shape index (κ3) is 3.33. The second kappa shape index (κ2) is 6.55. The highest BCUT2D eigenvalue weighted by Gasteiger charge is 2.18. The summed E-state index contributed by atoms with van der Waals surface area (Å²) < 4.78 is 4.71. The predicted octanol–water partition coefficient (Wildman–Crippen LogP) is 2.26. The van der Waals surface area contributed by atoms with E-state index in [1.54, 1.807) is 0 Å². The molecule has 0 aliphatic carbocycles. The van der Waals surface area contributed by atoms with Crippen LogP contribution in [0.2, 0.25) is 0 Å². The first-order chi connectivity index (χ1) is 8.81. The number of carbonyl (C=O) groups is 1. The van der Waals surface area contributed by atoms with E-state index in [-0.39, 0.29) is 5.97 Å². The molecule has 0 saturated carbocycles. The maximum Gasteiger partial charge on any atom is 0.305 e. The number of piperidine rings is 1. The third-order valence-electron chi connectivity index (χ3n) is 3.66. The normalized spacial score (nSPS) is 16.5. The molecule has 1 heterocycles. The average Bonchev–Trinajstić information content (AvgIpc) is 2.46. The van der Waals surface area contributed by atoms with E-state index >= 15 is 0 Å². The predicted molar refractivity (Wildman–Crippen MR) is 71.6 cm³/mol. The quantitative estimate of drug-likeness (QED) is 0.829. The summed E-state index contributed by atoms with van der Waals surface area (Å²) in [5.74, 6) is 0.509. The Kier molecular flexibility index (Phi) is 4.76. The summed E-state index contributed by atoms with van der Waals surface area (Å²) in [6.45, 7) is 2.19. The van der Waals surface area contributed by atoms with Gasteiger partial charge in [0.2, 0.25) is 0 Å². The third-order valence-corrected chi connectivity index (χ3v) is 3.66. The van der Waals surface area contributed by atoms with Crippen molar-refractivity contribution >= 4 is 5.97 Å². The van der Waals surface area contributed by atoms with E-state index in [1.807, 2.05) is 0 Å². The fourth-order valence-corrected chi connectivity index (χ4v) is 2.63. The molecule has 98 valence electrons. The number of esters is 1. The van der Waals surface area contributed by atoms with E-state index in [0.29, 0.717) is 12.3 Å². The second-order valence-electron chi connectivity index (χ2n) is 4.80. The number of methoxy groups -OCH3 is 1. The van der Waals surface area contributed by atoms with Gasteiger partial charge in [-0.25, -0.2) is 0 Å². The van der Waals surface area contributed by atoms with Crippen molar-refractivity contribution < 1.29 is 9.53 Å². The highest BCUT2D eigenvalue weighted by Crippen LogP contribution is 2.28. The van der Waals surface area contributed by atoms with Gasteiger partial charge in [-0.2, -0.15) is 0 Å². The van der Waals surface area contributed by atoms with Crippen LogP contribution in [0.3, 0.4) is 0 Å². The minimum absolute atomic E-state index is 0.130. The van der Waals surface area contributed by atoms with Crippen LogP contribution in [0, 0.1) is 0 Å². The lowest BCUT2D eigenvalue weighted by Gasteiger charge is -2.25. The largest absolute Gasteiger partial charge is 0.469 e. The van der Waals surface area contributed by atoms with Crippen molar-refractivity contribution in [3.8, 4) is 0 Å². The lowest BCUT2D eigenvalue weighted by molar-refractivity contribution is -0.140. The van der Waals surface area contributed by atoms with Gasteiger partial charge in [-0.05, 0) is 49.4 Å². The Labute approximate surface area is 109 Å². The van der Waals surface area contributed by atoms with Crippen LogP contribution >= 0.6 is 0 Å². The van der Waals surface area contributed by atoms with Crippen LogP contribution in [-0.2, 0) is 16.0 Å². The summed E-state index contributed by atoms with van der Waals surface area (Å²) in [4.78, 5) is 11.2. The number of nitrogens with one attached hydrogen (secondary N) is 1. The van der Waals surface area contributed by atoms with Gasteiger partial charge in [-0.15, -0.1) is 0 Å². The number of aryl methyl sites for hydroxylation is 1. The lowest BCUT2D eigenvalue weighted by Crippen LogP contribution is -2.27. The molecule has 1 fully saturated rings. The molecule has 1 aliphatic rings. The number of hydrogen-bond acceptors (Lipinski definition) is 3. The van der Waals surface area contributed by atoms with E-state index in [1.165, 1.54) is 31.1 Å². The highest BCUT2D eigenvalue weighted by atomic mass is 16.5. The average molecular weight is 247 g/mol. The van der Waals surface area contributed by atoms with Crippen molar-refractivity contribution in [3.05, 3.63) is 35.4 Å². The van der Waals surface area contributed by atoms with Crippen LogP contribution in [0.5, 0.6) is 0 Å². The zero-order valence-corrected chi connectivity index (χ0v) is 10.9. The van der Waals surface area contributed by atoms with Crippen LogP contribution in [0.4, 0.5) is 0 Å². The number of benzene rings is 1. The fraction of sp³-hybridized carbons (Fsp3) is 0.533. The van der Waals surface area contributed by atoms with Crippen molar-refractivity contribution in [2.45, 2.75) is 31.6 Å². The maximum absolute atomic E-state index is 11.2. The fourth-order valence-electron chi connectivity index (χ4n) is 2.63. The Morgan fingerprint density at radius 3 is 2.78 bits per heavy atom. The molecule has 0 unspecified atom stereocenters. The Morgan fingerprint density at radius 1 is 1.33 bits per heavy atom. The SMILES string of the molecule is COC(=O)CCc1ccccc1C1CCNCC1. The Bertz CT molecular complexity index is 397. The summed E-state index contributed by atoms with van der Waals surface area (Å²) in [6, 6.07) is 8.50. The van der Waals surface area contributed by atoms with Crippen molar-refractivity contribution in [1.82, 2.24) is 5.32 Å². The van der Waals surface area contributed by atoms with Crippen LogP contribution < -0.4 is 5.32 Å². The topological polar surface area (TPSA) is 38.3 Å². The molecule has 1 aliphatic heterocycles. The molecule has 0 atom stereocenters. The van der Waals surface area contributed by atoms with Crippen LogP contribution in [0.15, 0.2) is 24.3 Å². The van der Waals surface area contributed by atoms with Gasteiger partial charge in [-0.1, -0.05) is 24.3 Å². The molecular weight excluding hydrogens is 226 g/mol. The summed E-state index contributed by atoms with van der Waals surface area (Å²) in [7, 11) is 1.45. The number of ether oxygens (including phenoxy) is 1. The van der Waals surface area contributed by atoms with E-state index in [0.717, 1.165) is 19.5 Å². The van der Waals surface area contributed by atoms with Gasteiger partial charge in [0.05, 0.1) is 7.11 Å². The van der Waals surface area contributed by atoms with Crippen LogP contribution in [-0.4, -0.2) is 26.2 Å². The molecule has 1 aromatic carbocycles. The van der Waals surface area contributed by atoms with E-state index < -0.39 is 0 Å². The summed E-state index contributed by atoms with van der Waals surface area (Å²) in [6.07, 6.45) is 3.63. The zero-order valence-electron chi connectivity index (χ0n) is 10.9. The highest BCUT2D eigenvalue weighted by molar-refractivity contribution is 5.69. The van der Waals surface area contributed by atoms with Crippen molar-refractivity contribution in [1.29, 1.82) is 0 Å². The number of carbonyl (C=O) groups excluding carboxylic acids is 1. The molecule has 1 N–H and O–H groups in total. The molecule has 0 radical (unpaired) electrons. The Morgan fingerprint density at radius 2 is 2.06 bits per heavy atom. The maximum atomic E-state index is 11.2. The molecule has 0 spiro atoms. The summed E-state index contributed by atoms with van der Waals surface area (Å²) in [5.41, 5.74) is 2.72. The van der Waals surface area contributed by atoms with Gasteiger partial charge in [0, 0.05) is 6.42 Å². The molecule has 0 aromatic heterocycles. The van der Waals surface area contributed by atoms with E-state index in [2.05, 4.69) is 29.6 Å². The minimum Gasteiger partial charge on any atom is -0.469 e. The van der Waals surface area contributed by atoms with Gasteiger partial charge in [0.25, 0.3) is 0 Å². The Hall–Kier alpha value is -1.35. The number of hydrogen-bond donors (Lipinski definition) is 1. The van der Waals surface area contributed by atoms with Gasteiger partial charge in [0.1, 0.15) is 0 Å². The van der Waals surface area contributed by atoms with Gasteiger partial charge in [0.15, 0.2) is 0 Å². The first-order valence-electron chi connectivity index (χ1n) is 6.66. The van der Waals surface area contributed by atoms with Gasteiger partial charge < -0.3 is 10.1 Å². The Balaban J connectivity index is 2.06. The monoisotopic (exact) mass is 247 g/mol. The first-order valence-corrected chi connectivity index (χ1v) is 6.66. The minimum atomic E-state index is -0.130. The van der Waals surface area contributed by atoms with E-state index in [9.17, 15) is 4.79 Å². The summed E-state index contributed by atoms with van der Waals surface area (Å²) >= 11 is 0. The second-order valence-corrected chi connectivity index (χ2v) is 4.80. The standard InChI is InChI=1S/C15H21NO2/c1-18-15(17)7-6-12-4-2-3-5-14(12)13-8-10-16-11-9-13/h2-5,13,16H,6-11H2,1H3. The molecule has 18 heavy (non-hydrogen) atoms. The molecule has 0 amide bonds. The van der Waals surface area contributed by atoms with Crippen molar-refractivity contribution in [3.63, 3.8) is 0 Å². The van der Waals surface area contributed by atoms with Gasteiger partial charge in [-0.3, -0.25) is 4.79 Å². The molecule has 3 heteroatoms. The lowest BCUT2D eigenvalue weighted by atomic mass is 9.86. The smallest absolute Gasteiger partial charge is 0.305 e. The van der Waals surface area contributed by atoms with Gasteiger partial charge >= 0.3 is 5.97 Å². The molecule has 3 nitrogen and oxygen atoms in total. The van der Waals surface area contributed by atoms with Crippen LogP contribution in [0.25, 0.3) is 0 Å². The zero-order chi connectivity index (χ0) is 12.8. The molecular formula is C15H21NO2. The van der Waals surface area contributed by atoms with Crippen molar-refractivity contribution in [2.75, 3.05) is 20.2 Å². The molecule has 1 saturated heterocycles. The molecule has 1 aromatic rings. The summed E-state index contributed by atoms with van der Waals surface area (Å²) in [5, 5.41) is 3.39. The van der Waals surface area contributed by atoms with Crippen LogP contribution in [0.1, 0.15) is 36.3 Å². The molecule has 0 bridgehead atoms. The first kappa shape index (κ1) is 13.1. The molecule has 2 rings (SSSR count). The number of rotatable bonds is 4. The van der Waals surface area contributed by atoms with Crippen molar-refractivity contribution in [2.24, 2.45) is 0 Å².